The summed E-state index contributed by atoms with van der Waals surface area (Å²) in [4.78, 5) is 34.4. The fourth-order valence-corrected chi connectivity index (χ4v) is 2.81. The van der Waals surface area contributed by atoms with E-state index >= 15 is 0 Å². The third kappa shape index (κ3) is 6.78. The zero-order valence-corrected chi connectivity index (χ0v) is 14.9. The van der Waals surface area contributed by atoms with Gasteiger partial charge in [0.2, 0.25) is 5.91 Å². The Morgan fingerprint density at radius 3 is 2.92 bits per heavy atom. The summed E-state index contributed by atoms with van der Waals surface area (Å²) in [7, 11) is 0. The van der Waals surface area contributed by atoms with Crippen LogP contribution in [0.1, 0.15) is 55.9 Å². The number of hydrogen-bond donors (Lipinski definition) is 1. The number of ether oxygens (including phenoxy) is 1. The number of nitrogens with one attached hydrogen (secondary N) is 1. The average molecular weight is 348 g/mol. The van der Waals surface area contributed by atoms with Crippen molar-refractivity contribution in [3.8, 4) is 0 Å². The largest absolute Gasteiger partial charge is 0.376 e. The van der Waals surface area contributed by atoms with Crippen LogP contribution in [-0.4, -0.2) is 59.0 Å². The van der Waals surface area contributed by atoms with Crippen molar-refractivity contribution in [1.29, 1.82) is 0 Å². The van der Waals surface area contributed by atoms with Crippen LogP contribution in [0.25, 0.3) is 0 Å². The van der Waals surface area contributed by atoms with E-state index in [-0.39, 0.29) is 24.3 Å². The molecule has 2 heterocycles. The molecule has 0 aliphatic carbocycles. The van der Waals surface area contributed by atoms with Gasteiger partial charge in [-0.3, -0.25) is 14.6 Å². The molecule has 25 heavy (non-hydrogen) atoms. The molecule has 7 heteroatoms. The molecule has 1 aliphatic heterocycles. The lowest BCUT2D eigenvalue weighted by molar-refractivity contribution is -0.121. The quantitative estimate of drug-likeness (QED) is 0.652. The molecule has 2 amide bonds. The standard InChI is InChI=1S/C18H28N4O3/c1-2-3-4-8-21-17(23)7-11-22(14-15-6-5-12-25-15)18(24)16-13-19-9-10-20-16/h9-10,13,15H,2-8,11-12,14H2,1H3,(H,21,23)/t15-/m0/s1. The lowest BCUT2D eigenvalue weighted by atomic mass is 10.2. The smallest absolute Gasteiger partial charge is 0.274 e. The highest BCUT2D eigenvalue weighted by Gasteiger charge is 2.24. The lowest BCUT2D eigenvalue weighted by Crippen LogP contribution is -2.40. The Bertz CT molecular complexity index is 532. The zero-order valence-electron chi connectivity index (χ0n) is 14.9. The van der Waals surface area contributed by atoms with Crippen LogP contribution in [0.2, 0.25) is 0 Å². The summed E-state index contributed by atoms with van der Waals surface area (Å²) in [5.74, 6) is -0.234. The van der Waals surface area contributed by atoms with Gasteiger partial charge in [0.05, 0.1) is 12.3 Å². The maximum Gasteiger partial charge on any atom is 0.274 e. The van der Waals surface area contributed by atoms with Gasteiger partial charge in [0, 0.05) is 45.1 Å². The molecule has 0 spiro atoms. The van der Waals surface area contributed by atoms with Gasteiger partial charge in [-0.05, 0) is 19.3 Å². The van der Waals surface area contributed by atoms with Gasteiger partial charge >= 0.3 is 0 Å². The first-order chi connectivity index (χ1) is 12.2. The third-order valence-electron chi connectivity index (χ3n) is 4.23. The van der Waals surface area contributed by atoms with Crippen molar-refractivity contribution in [2.75, 3.05) is 26.2 Å². The maximum atomic E-state index is 12.7. The van der Waals surface area contributed by atoms with Gasteiger partial charge in [-0.25, -0.2) is 4.98 Å². The van der Waals surface area contributed by atoms with Crippen molar-refractivity contribution in [2.45, 2.75) is 51.6 Å². The summed E-state index contributed by atoms with van der Waals surface area (Å²) in [5, 5.41) is 2.91. The van der Waals surface area contributed by atoms with E-state index in [2.05, 4.69) is 22.2 Å². The molecule has 1 saturated heterocycles. The second-order valence-corrected chi connectivity index (χ2v) is 6.28. The Hall–Kier alpha value is -2.02. The predicted molar refractivity (Wildman–Crippen MR) is 94.1 cm³/mol. The Labute approximate surface area is 149 Å². The highest BCUT2D eigenvalue weighted by atomic mass is 16.5. The van der Waals surface area contributed by atoms with E-state index in [1.807, 2.05) is 0 Å². The number of rotatable bonds is 10. The third-order valence-corrected chi connectivity index (χ3v) is 4.23. The molecule has 7 nitrogen and oxygen atoms in total. The Morgan fingerprint density at radius 1 is 1.36 bits per heavy atom. The van der Waals surface area contributed by atoms with Gasteiger partial charge in [0.15, 0.2) is 0 Å². The summed E-state index contributed by atoms with van der Waals surface area (Å²) in [6.07, 6.45) is 9.97. The number of amides is 2. The van der Waals surface area contributed by atoms with Crippen LogP contribution < -0.4 is 5.32 Å². The number of nitrogens with zero attached hydrogens (tertiary/aromatic N) is 3. The highest BCUT2D eigenvalue weighted by Crippen LogP contribution is 2.15. The van der Waals surface area contributed by atoms with E-state index in [1.54, 1.807) is 4.90 Å². The SMILES string of the molecule is CCCCCNC(=O)CCN(C[C@@H]1CCCO1)C(=O)c1cnccn1. The van der Waals surface area contributed by atoms with E-state index in [4.69, 9.17) is 4.74 Å². The molecule has 0 saturated carbocycles. The Kier molecular flexibility index (Phi) is 8.31. The van der Waals surface area contributed by atoms with E-state index in [0.29, 0.717) is 25.3 Å². The first-order valence-corrected chi connectivity index (χ1v) is 9.14. The molecule has 1 aromatic rings. The van der Waals surface area contributed by atoms with E-state index in [1.165, 1.54) is 18.6 Å². The number of hydrogen-bond acceptors (Lipinski definition) is 5. The molecule has 138 valence electrons. The van der Waals surface area contributed by atoms with Crippen molar-refractivity contribution in [3.63, 3.8) is 0 Å². The number of carbonyl (C=O) groups excluding carboxylic acids is 2. The Morgan fingerprint density at radius 2 is 2.24 bits per heavy atom. The summed E-state index contributed by atoms with van der Waals surface area (Å²) in [6, 6.07) is 0. The van der Waals surface area contributed by atoms with Gasteiger partial charge in [0.25, 0.3) is 5.91 Å². The molecule has 1 aliphatic rings. The minimum absolute atomic E-state index is 0.0274. The summed E-state index contributed by atoms with van der Waals surface area (Å²) in [6.45, 7) is 4.39. The summed E-state index contributed by atoms with van der Waals surface area (Å²) < 4.78 is 5.64. The second-order valence-electron chi connectivity index (χ2n) is 6.28. The molecule has 2 rings (SSSR count). The molecule has 1 fully saturated rings. The monoisotopic (exact) mass is 348 g/mol. The molecule has 1 N–H and O–H groups in total. The lowest BCUT2D eigenvalue weighted by Gasteiger charge is -2.25. The average Bonchev–Trinajstić information content (AvgIpc) is 3.15. The van der Waals surface area contributed by atoms with Crippen molar-refractivity contribution >= 4 is 11.8 Å². The molecule has 1 atom stereocenters. The van der Waals surface area contributed by atoms with Gasteiger partial charge in [0.1, 0.15) is 5.69 Å². The van der Waals surface area contributed by atoms with E-state index in [0.717, 1.165) is 38.7 Å². The molecule has 1 aromatic heterocycles. The van der Waals surface area contributed by atoms with Crippen molar-refractivity contribution in [3.05, 3.63) is 24.3 Å². The van der Waals surface area contributed by atoms with Crippen molar-refractivity contribution in [2.24, 2.45) is 0 Å². The van der Waals surface area contributed by atoms with Gasteiger partial charge < -0.3 is 15.0 Å². The van der Waals surface area contributed by atoms with Crippen LogP contribution in [0, 0.1) is 0 Å². The highest BCUT2D eigenvalue weighted by molar-refractivity contribution is 5.92. The number of unbranched alkanes of at least 4 members (excludes halogenated alkanes) is 2. The molecule has 0 unspecified atom stereocenters. The Balaban J connectivity index is 1.87. The summed E-state index contributed by atoms with van der Waals surface area (Å²) >= 11 is 0. The number of aromatic nitrogens is 2. The van der Waals surface area contributed by atoms with Gasteiger partial charge in [-0.1, -0.05) is 19.8 Å². The molecule has 0 aromatic carbocycles. The van der Waals surface area contributed by atoms with Crippen molar-refractivity contribution < 1.29 is 14.3 Å². The van der Waals surface area contributed by atoms with Crippen LogP contribution in [0.3, 0.4) is 0 Å². The molecule has 0 bridgehead atoms. The summed E-state index contributed by atoms with van der Waals surface area (Å²) in [5.41, 5.74) is 0.295. The van der Waals surface area contributed by atoms with E-state index < -0.39 is 0 Å². The topological polar surface area (TPSA) is 84.4 Å². The molecule has 0 radical (unpaired) electrons. The van der Waals surface area contributed by atoms with Gasteiger partial charge in [-0.15, -0.1) is 0 Å². The fourth-order valence-electron chi connectivity index (χ4n) is 2.81. The molecular formula is C18H28N4O3. The van der Waals surface area contributed by atoms with E-state index in [9.17, 15) is 9.59 Å². The van der Waals surface area contributed by atoms with Gasteiger partial charge in [-0.2, -0.15) is 0 Å². The fraction of sp³-hybridized carbons (Fsp3) is 0.667. The van der Waals surface area contributed by atoms with Crippen LogP contribution in [-0.2, 0) is 9.53 Å². The maximum absolute atomic E-state index is 12.7. The first kappa shape index (κ1) is 19.3. The van der Waals surface area contributed by atoms with Crippen LogP contribution in [0.5, 0.6) is 0 Å². The first-order valence-electron chi connectivity index (χ1n) is 9.14. The van der Waals surface area contributed by atoms with Crippen LogP contribution >= 0.6 is 0 Å². The predicted octanol–water partition coefficient (Wildman–Crippen LogP) is 1.79. The van der Waals surface area contributed by atoms with Crippen LogP contribution in [0.15, 0.2) is 18.6 Å². The van der Waals surface area contributed by atoms with Crippen molar-refractivity contribution in [1.82, 2.24) is 20.2 Å². The van der Waals surface area contributed by atoms with Crippen LogP contribution in [0.4, 0.5) is 0 Å². The number of carbonyl (C=O) groups is 2. The minimum atomic E-state index is -0.206. The molecular weight excluding hydrogens is 320 g/mol. The zero-order chi connectivity index (χ0) is 17.9. The second kappa shape index (κ2) is 10.8. The normalized spacial score (nSPS) is 16.6. The minimum Gasteiger partial charge on any atom is -0.376 e.